The molecule has 1 N–H and O–H groups in total. The molecule has 1 amide bonds. The quantitative estimate of drug-likeness (QED) is 0.890. The number of hydrogen-bond acceptors (Lipinski definition) is 4. The van der Waals surface area contributed by atoms with E-state index in [0.29, 0.717) is 37.2 Å². The lowest BCUT2D eigenvalue weighted by molar-refractivity contribution is -0.119. The van der Waals surface area contributed by atoms with Gasteiger partial charge in [-0.05, 0) is 50.3 Å². The van der Waals surface area contributed by atoms with E-state index < -0.39 is 16.1 Å². The van der Waals surface area contributed by atoms with Gasteiger partial charge in [0.15, 0.2) is 0 Å². The number of sulfonamides is 1. The maximum Gasteiger partial charge on any atom is 0.242 e. The van der Waals surface area contributed by atoms with Crippen LogP contribution in [0.25, 0.3) is 0 Å². The summed E-state index contributed by atoms with van der Waals surface area (Å²) in [6.07, 6.45) is 2.69. The first-order valence-corrected chi connectivity index (χ1v) is 9.40. The van der Waals surface area contributed by atoms with Crippen molar-refractivity contribution in [3.8, 4) is 5.75 Å². The molecule has 1 saturated heterocycles. The van der Waals surface area contributed by atoms with Gasteiger partial charge in [0, 0.05) is 6.54 Å². The first-order chi connectivity index (χ1) is 10.9. The lowest BCUT2D eigenvalue weighted by Crippen LogP contribution is -2.44. The maximum absolute atomic E-state index is 12.6. The van der Waals surface area contributed by atoms with E-state index in [9.17, 15) is 13.2 Å². The highest BCUT2D eigenvalue weighted by atomic mass is 32.2. The van der Waals surface area contributed by atoms with E-state index in [0.717, 1.165) is 12.0 Å². The third-order valence-corrected chi connectivity index (χ3v) is 6.80. The second-order valence-corrected chi connectivity index (χ2v) is 8.37. The summed E-state index contributed by atoms with van der Waals surface area (Å²) in [6, 6.07) is 4.89. The number of rotatable bonds is 5. The van der Waals surface area contributed by atoms with Crippen LogP contribution in [0.3, 0.4) is 0 Å². The van der Waals surface area contributed by atoms with Gasteiger partial charge in [-0.2, -0.15) is 4.31 Å². The Labute approximate surface area is 136 Å². The second-order valence-electron chi connectivity index (χ2n) is 6.21. The smallest absolute Gasteiger partial charge is 0.242 e. The van der Waals surface area contributed by atoms with Crippen LogP contribution in [0.5, 0.6) is 5.75 Å². The van der Waals surface area contributed by atoms with Gasteiger partial charge < -0.3 is 10.1 Å². The summed E-state index contributed by atoms with van der Waals surface area (Å²) < 4.78 is 31.6. The number of nitrogens with one attached hydrogen (secondary N) is 1. The highest BCUT2D eigenvalue weighted by molar-refractivity contribution is 7.90. The zero-order valence-corrected chi connectivity index (χ0v) is 14.2. The molecule has 0 radical (unpaired) electrons. The Hall–Kier alpha value is -1.60. The van der Waals surface area contributed by atoms with Crippen molar-refractivity contribution in [2.75, 3.05) is 19.0 Å². The SMILES string of the molecule is COc1ccc(C)cc1NC(=O)[C@H]1CCCN1S(=O)(=O)C1CC1. The molecule has 6 nitrogen and oxygen atoms in total. The fourth-order valence-electron chi connectivity index (χ4n) is 3.00. The molecule has 126 valence electrons. The van der Waals surface area contributed by atoms with Gasteiger partial charge in [0.05, 0.1) is 18.0 Å². The Kier molecular flexibility index (Phi) is 4.33. The molecule has 2 aliphatic rings. The summed E-state index contributed by atoms with van der Waals surface area (Å²) >= 11 is 0. The molecular weight excluding hydrogens is 316 g/mol. The lowest BCUT2D eigenvalue weighted by atomic mass is 10.1. The summed E-state index contributed by atoms with van der Waals surface area (Å²) in [5.74, 6) is 0.286. The molecule has 0 aromatic heterocycles. The van der Waals surface area contributed by atoms with Gasteiger partial charge in [-0.1, -0.05) is 6.07 Å². The summed E-state index contributed by atoms with van der Waals surface area (Å²) in [6.45, 7) is 2.36. The minimum Gasteiger partial charge on any atom is -0.495 e. The zero-order valence-electron chi connectivity index (χ0n) is 13.4. The fraction of sp³-hybridized carbons (Fsp3) is 0.562. The highest BCUT2D eigenvalue weighted by Gasteiger charge is 2.46. The van der Waals surface area contributed by atoms with Gasteiger partial charge in [-0.3, -0.25) is 4.79 Å². The molecular formula is C16H22N2O4S. The van der Waals surface area contributed by atoms with Crippen molar-refractivity contribution >= 4 is 21.6 Å². The molecule has 0 spiro atoms. The van der Waals surface area contributed by atoms with E-state index in [1.165, 1.54) is 4.31 Å². The van der Waals surface area contributed by atoms with Crippen LogP contribution in [0.2, 0.25) is 0 Å². The molecule has 3 rings (SSSR count). The highest BCUT2D eigenvalue weighted by Crippen LogP contribution is 2.35. The third kappa shape index (κ3) is 3.21. The van der Waals surface area contributed by atoms with E-state index in [1.807, 2.05) is 19.1 Å². The van der Waals surface area contributed by atoms with Crippen molar-refractivity contribution in [3.05, 3.63) is 23.8 Å². The molecule has 1 aromatic carbocycles. The van der Waals surface area contributed by atoms with Crippen molar-refractivity contribution in [1.29, 1.82) is 0 Å². The number of carbonyl (C=O) groups is 1. The first kappa shape index (κ1) is 16.3. The minimum absolute atomic E-state index is 0.282. The van der Waals surface area contributed by atoms with Crippen molar-refractivity contribution in [2.45, 2.75) is 43.9 Å². The molecule has 1 aromatic rings. The van der Waals surface area contributed by atoms with Gasteiger partial charge in [0.2, 0.25) is 15.9 Å². The Morgan fingerprint density at radius 1 is 1.30 bits per heavy atom. The first-order valence-electron chi connectivity index (χ1n) is 7.89. The van der Waals surface area contributed by atoms with E-state index in [4.69, 9.17) is 4.74 Å². The average molecular weight is 338 g/mol. The normalized spacial score (nSPS) is 22.1. The van der Waals surface area contributed by atoms with Crippen LogP contribution in [0.4, 0.5) is 5.69 Å². The van der Waals surface area contributed by atoms with Crippen molar-refractivity contribution in [3.63, 3.8) is 0 Å². The van der Waals surface area contributed by atoms with Crippen LogP contribution in [0.1, 0.15) is 31.2 Å². The van der Waals surface area contributed by atoms with Crippen molar-refractivity contribution in [2.24, 2.45) is 0 Å². The largest absolute Gasteiger partial charge is 0.495 e. The van der Waals surface area contributed by atoms with Crippen LogP contribution < -0.4 is 10.1 Å². The van der Waals surface area contributed by atoms with E-state index >= 15 is 0 Å². The topological polar surface area (TPSA) is 75.7 Å². The van der Waals surface area contributed by atoms with Crippen LogP contribution in [0.15, 0.2) is 18.2 Å². The second kappa shape index (κ2) is 6.13. The van der Waals surface area contributed by atoms with Crippen LogP contribution in [-0.2, 0) is 14.8 Å². The number of nitrogens with zero attached hydrogens (tertiary/aromatic N) is 1. The predicted molar refractivity (Wildman–Crippen MR) is 88.0 cm³/mol. The molecule has 7 heteroatoms. The number of anilines is 1. The molecule has 2 fully saturated rings. The molecule has 1 atom stereocenters. The number of ether oxygens (including phenoxy) is 1. The number of carbonyl (C=O) groups excluding carboxylic acids is 1. The molecule has 1 aliphatic heterocycles. The van der Waals surface area contributed by atoms with Gasteiger partial charge in [-0.25, -0.2) is 8.42 Å². The monoisotopic (exact) mass is 338 g/mol. The zero-order chi connectivity index (χ0) is 16.6. The van der Waals surface area contributed by atoms with Crippen LogP contribution >= 0.6 is 0 Å². The molecule has 1 aliphatic carbocycles. The Bertz CT molecular complexity index is 713. The number of aryl methyl sites for hydroxylation is 1. The fourth-order valence-corrected chi connectivity index (χ4v) is 5.05. The number of amides is 1. The molecule has 1 saturated carbocycles. The Morgan fingerprint density at radius 2 is 2.04 bits per heavy atom. The molecule has 0 bridgehead atoms. The van der Waals surface area contributed by atoms with Crippen molar-refractivity contribution < 1.29 is 17.9 Å². The van der Waals surface area contributed by atoms with Crippen LogP contribution in [-0.4, -0.2) is 43.6 Å². The molecule has 23 heavy (non-hydrogen) atoms. The van der Waals surface area contributed by atoms with Gasteiger partial charge in [0.1, 0.15) is 11.8 Å². The summed E-state index contributed by atoms with van der Waals surface area (Å²) in [7, 11) is -1.79. The van der Waals surface area contributed by atoms with Gasteiger partial charge >= 0.3 is 0 Å². The van der Waals surface area contributed by atoms with Gasteiger partial charge in [0.25, 0.3) is 0 Å². The number of hydrogen-bond donors (Lipinski definition) is 1. The summed E-state index contributed by atoms with van der Waals surface area (Å²) in [5, 5.41) is 2.55. The summed E-state index contributed by atoms with van der Waals surface area (Å²) in [4.78, 5) is 12.6. The standard InChI is InChI=1S/C16H22N2O4S/c1-11-5-8-15(22-2)13(10-11)17-16(19)14-4-3-9-18(14)23(20,21)12-6-7-12/h5,8,10,12,14H,3-4,6-7,9H2,1-2H3,(H,17,19)/t14-/m1/s1. The third-order valence-electron chi connectivity index (χ3n) is 4.39. The lowest BCUT2D eigenvalue weighted by Gasteiger charge is -2.23. The molecule has 0 unspecified atom stereocenters. The molecule has 1 heterocycles. The Morgan fingerprint density at radius 3 is 2.70 bits per heavy atom. The maximum atomic E-state index is 12.6. The van der Waals surface area contributed by atoms with E-state index in [-0.39, 0.29) is 11.2 Å². The van der Waals surface area contributed by atoms with E-state index in [2.05, 4.69) is 5.32 Å². The number of benzene rings is 1. The average Bonchev–Trinajstić information content (AvgIpc) is 3.25. The Balaban J connectivity index is 1.79. The van der Waals surface area contributed by atoms with E-state index in [1.54, 1.807) is 13.2 Å². The van der Waals surface area contributed by atoms with Gasteiger partial charge in [-0.15, -0.1) is 0 Å². The number of methoxy groups -OCH3 is 1. The van der Waals surface area contributed by atoms with Crippen LogP contribution in [0, 0.1) is 6.92 Å². The minimum atomic E-state index is -3.33. The van der Waals surface area contributed by atoms with Crippen molar-refractivity contribution in [1.82, 2.24) is 4.31 Å². The summed E-state index contributed by atoms with van der Waals surface area (Å²) in [5.41, 5.74) is 1.57. The predicted octanol–water partition coefficient (Wildman–Crippen LogP) is 1.90.